The minimum atomic E-state index is -1.06. The zero-order chi connectivity index (χ0) is 9.14. The topological polar surface area (TPSA) is 110 Å². The van der Waals surface area contributed by atoms with Gasteiger partial charge in [-0.3, -0.25) is 0 Å². The van der Waals surface area contributed by atoms with Crippen molar-refractivity contribution in [2.45, 2.75) is 0 Å². The van der Waals surface area contributed by atoms with Gasteiger partial charge in [0, 0.05) is 0 Å². The van der Waals surface area contributed by atoms with Gasteiger partial charge in [-0.2, -0.15) is 0 Å². The van der Waals surface area contributed by atoms with Crippen molar-refractivity contribution in [3.05, 3.63) is 35.4 Å². The third kappa shape index (κ3) is 4.31. The first kappa shape index (κ1) is 16.2. The summed E-state index contributed by atoms with van der Waals surface area (Å²) in [6.45, 7) is 0. The normalized spacial score (nSPS) is 8.00. The second kappa shape index (κ2) is 7.10. The van der Waals surface area contributed by atoms with E-state index in [0.717, 1.165) is 0 Å². The summed E-state index contributed by atoms with van der Waals surface area (Å²) in [5, 5.41) is 16.9. The van der Waals surface area contributed by atoms with Gasteiger partial charge in [-0.05, 0) is 24.3 Å². The number of carboxylic acid groups (broad SMARTS) is 2. The van der Waals surface area contributed by atoms with Gasteiger partial charge in [0.25, 0.3) is 0 Å². The van der Waals surface area contributed by atoms with E-state index in [9.17, 15) is 9.59 Å². The van der Waals surface area contributed by atoms with Gasteiger partial charge < -0.3 is 16.4 Å². The number of aromatic carboxylic acids is 2. The number of hydrogen-bond donors (Lipinski definition) is 3. The van der Waals surface area contributed by atoms with Crippen LogP contribution in [0.1, 0.15) is 20.7 Å². The first-order valence-corrected chi connectivity index (χ1v) is 3.18. The molecule has 0 radical (unpaired) electrons. The van der Waals surface area contributed by atoms with Crippen LogP contribution >= 0.6 is 0 Å². The molecule has 0 unspecified atom stereocenters. The summed E-state index contributed by atoms with van der Waals surface area (Å²) < 4.78 is 0. The standard InChI is InChI=1S/C8H6O4.K.H3N.H/c9-7(10)5-1-2-6(4-3-5)8(11)12;;;/h1-4H,(H,9,10)(H,11,12);;1H3;. The molecule has 0 spiro atoms. The summed E-state index contributed by atoms with van der Waals surface area (Å²) in [6, 6.07) is 5.02. The number of rotatable bonds is 2. The molecule has 0 aliphatic heterocycles. The Morgan fingerprint density at radius 2 is 1.07 bits per heavy atom. The molecule has 0 saturated heterocycles. The molecule has 5 N–H and O–H groups in total. The van der Waals surface area contributed by atoms with E-state index in [2.05, 4.69) is 0 Å². The fourth-order valence-corrected chi connectivity index (χ4v) is 0.755. The summed E-state index contributed by atoms with van der Waals surface area (Å²) >= 11 is 0. The number of hydrogen-bond acceptors (Lipinski definition) is 3. The van der Waals surface area contributed by atoms with Crippen molar-refractivity contribution in [2.75, 3.05) is 0 Å². The van der Waals surface area contributed by atoms with Crippen molar-refractivity contribution in [1.29, 1.82) is 0 Å². The van der Waals surface area contributed by atoms with Crippen LogP contribution in [0.2, 0.25) is 0 Å². The van der Waals surface area contributed by atoms with E-state index in [1.165, 1.54) is 24.3 Å². The number of carbonyl (C=O) groups is 2. The van der Waals surface area contributed by atoms with Crippen LogP contribution in [0.5, 0.6) is 0 Å². The number of benzene rings is 1. The van der Waals surface area contributed by atoms with E-state index in [-0.39, 0.29) is 68.7 Å². The van der Waals surface area contributed by atoms with Crippen LogP contribution in [-0.2, 0) is 0 Å². The molecule has 1 aromatic rings. The van der Waals surface area contributed by atoms with Gasteiger partial charge in [0.05, 0.1) is 11.1 Å². The second-order valence-corrected chi connectivity index (χ2v) is 2.19. The Morgan fingerprint density at radius 1 is 0.857 bits per heavy atom. The van der Waals surface area contributed by atoms with Crippen LogP contribution in [0.3, 0.4) is 0 Å². The Labute approximate surface area is 123 Å². The van der Waals surface area contributed by atoms with Crippen molar-refractivity contribution in [2.24, 2.45) is 0 Å². The zero-order valence-electron chi connectivity index (χ0n) is 6.73. The molecule has 0 bridgehead atoms. The Kier molecular flexibility index (Phi) is 8.22. The van der Waals surface area contributed by atoms with Gasteiger partial charge in [-0.15, -0.1) is 0 Å². The van der Waals surface area contributed by atoms with E-state index in [1.54, 1.807) is 0 Å². The van der Waals surface area contributed by atoms with Crippen LogP contribution in [0.25, 0.3) is 0 Å². The average molecular weight is 223 g/mol. The Hall–Kier alpha value is -0.244. The van der Waals surface area contributed by atoms with E-state index in [4.69, 9.17) is 10.2 Å². The Morgan fingerprint density at radius 3 is 1.21 bits per heavy atom. The van der Waals surface area contributed by atoms with Crippen LogP contribution in [-0.4, -0.2) is 73.5 Å². The fourth-order valence-electron chi connectivity index (χ4n) is 0.755. The number of carboxylic acids is 2. The molecule has 72 valence electrons. The SMILES string of the molecule is N.O=C(O)c1ccc(C(=O)O)cc1.[KH]. The molecule has 1 rings (SSSR count). The van der Waals surface area contributed by atoms with Crippen molar-refractivity contribution in [3.63, 3.8) is 0 Å². The predicted molar refractivity (Wildman–Crippen MR) is 52.5 cm³/mol. The summed E-state index contributed by atoms with van der Waals surface area (Å²) in [7, 11) is 0. The monoisotopic (exact) mass is 223 g/mol. The zero-order valence-corrected chi connectivity index (χ0v) is 6.73. The molecule has 14 heavy (non-hydrogen) atoms. The van der Waals surface area contributed by atoms with Gasteiger partial charge >= 0.3 is 63.3 Å². The average Bonchev–Trinajstić information content (AvgIpc) is 2.04. The molecule has 0 atom stereocenters. The molecule has 5 nitrogen and oxygen atoms in total. The molecular formula is C8H10KNO4. The summed E-state index contributed by atoms with van der Waals surface area (Å²) in [4.78, 5) is 20.7. The van der Waals surface area contributed by atoms with Crippen molar-refractivity contribution in [1.82, 2.24) is 6.15 Å². The Balaban J connectivity index is 0. The van der Waals surface area contributed by atoms with Crippen LogP contribution in [0.4, 0.5) is 0 Å². The molecule has 0 amide bonds. The maximum absolute atomic E-state index is 10.3. The molecular weight excluding hydrogens is 213 g/mol. The van der Waals surface area contributed by atoms with Gasteiger partial charge in [-0.1, -0.05) is 0 Å². The minimum absolute atomic E-state index is 0. The van der Waals surface area contributed by atoms with Crippen LogP contribution in [0, 0.1) is 0 Å². The van der Waals surface area contributed by atoms with Crippen LogP contribution < -0.4 is 6.15 Å². The van der Waals surface area contributed by atoms with Crippen molar-refractivity contribution < 1.29 is 19.8 Å². The summed E-state index contributed by atoms with van der Waals surface area (Å²) in [6.07, 6.45) is 0. The predicted octanol–water partition coefficient (Wildman–Crippen LogP) is 0.597. The van der Waals surface area contributed by atoms with E-state index >= 15 is 0 Å². The molecule has 0 aliphatic rings. The third-order valence-electron chi connectivity index (χ3n) is 1.38. The quantitative estimate of drug-likeness (QED) is 0.636. The first-order chi connectivity index (χ1) is 5.61. The van der Waals surface area contributed by atoms with Gasteiger partial charge in [0.15, 0.2) is 0 Å². The second-order valence-electron chi connectivity index (χ2n) is 2.19. The van der Waals surface area contributed by atoms with Crippen molar-refractivity contribution >= 4 is 63.3 Å². The molecule has 0 heterocycles. The Bertz CT molecular complexity index is 290. The van der Waals surface area contributed by atoms with E-state index in [0.29, 0.717) is 0 Å². The van der Waals surface area contributed by atoms with E-state index < -0.39 is 11.9 Å². The molecule has 0 fully saturated rings. The molecule has 1 aromatic carbocycles. The molecule has 0 saturated carbocycles. The van der Waals surface area contributed by atoms with Gasteiger partial charge in [0.1, 0.15) is 0 Å². The van der Waals surface area contributed by atoms with Crippen molar-refractivity contribution in [3.8, 4) is 0 Å². The van der Waals surface area contributed by atoms with Gasteiger partial charge in [0.2, 0.25) is 0 Å². The third-order valence-corrected chi connectivity index (χ3v) is 1.38. The first-order valence-electron chi connectivity index (χ1n) is 3.18. The van der Waals surface area contributed by atoms with Crippen LogP contribution in [0.15, 0.2) is 24.3 Å². The molecule has 0 aliphatic carbocycles. The maximum atomic E-state index is 10.3. The molecule has 0 aromatic heterocycles. The fraction of sp³-hybridized carbons (Fsp3) is 0. The molecule has 6 heteroatoms. The van der Waals surface area contributed by atoms with Gasteiger partial charge in [-0.25, -0.2) is 9.59 Å². The summed E-state index contributed by atoms with van der Waals surface area (Å²) in [5.41, 5.74) is 0.167. The van der Waals surface area contributed by atoms with E-state index in [1.807, 2.05) is 0 Å². The summed E-state index contributed by atoms with van der Waals surface area (Å²) in [5.74, 6) is -2.13.